The van der Waals surface area contributed by atoms with Crippen LogP contribution in [0.15, 0.2) is 18.2 Å². The zero-order chi connectivity index (χ0) is 15.6. The number of halogens is 1. The van der Waals surface area contributed by atoms with Gasteiger partial charge in [0.1, 0.15) is 6.54 Å². The van der Waals surface area contributed by atoms with Crippen LogP contribution >= 0.6 is 11.6 Å². The fraction of sp³-hybridized carbons (Fsp3) is 0.400. The predicted octanol–water partition coefficient (Wildman–Crippen LogP) is 2.03. The second kappa shape index (κ2) is 6.26. The minimum Gasteiger partial charge on any atom is -0.355 e. The van der Waals surface area contributed by atoms with Crippen LogP contribution in [0.5, 0.6) is 0 Å². The van der Waals surface area contributed by atoms with Gasteiger partial charge in [-0.25, -0.2) is 0 Å². The summed E-state index contributed by atoms with van der Waals surface area (Å²) in [6, 6.07) is 4.82. The number of nitrogens with one attached hydrogen (secondary N) is 1. The van der Waals surface area contributed by atoms with Crippen molar-refractivity contribution in [3.63, 3.8) is 0 Å². The highest BCUT2D eigenvalue weighted by Gasteiger charge is 2.38. The largest absolute Gasteiger partial charge is 0.355 e. The van der Waals surface area contributed by atoms with Crippen molar-refractivity contribution in [2.75, 3.05) is 18.0 Å². The lowest BCUT2D eigenvalue weighted by Gasteiger charge is -2.16. The van der Waals surface area contributed by atoms with E-state index >= 15 is 0 Å². The van der Waals surface area contributed by atoms with Crippen LogP contribution in [-0.4, -0.2) is 30.7 Å². The normalized spacial score (nSPS) is 13.8. The molecule has 5 nitrogen and oxygen atoms in total. The van der Waals surface area contributed by atoms with Crippen molar-refractivity contribution in [1.29, 1.82) is 0 Å². The molecule has 1 aliphatic rings. The Labute approximate surface area is 128 Å². The van der Waals surface area contributed by atoms with Gasteiger partial charge in [-0.15, -0.1) is 0 Å². The molecule has 1 N–H and O–H groups in total. The standard InChI is InChI=1S/C15H17ClN2O3/c1-9(2)6-7-17-12(19)8-18-11-5-3-4-10(16)13(11)14(20)15(18)21/h3-5,9H,6-8H2,1-2H3,(H,17,19). The number of hydrogen-bond donors (Lipinski definition) is 1. The van der Waals surface area contributed by atoms with E-state index in [4.69, 9.17) is 11.6 Å². The highest BCUT2D eigenvalue weighted by molar-refractivity contribution is 6.55. The molecule has 0 saturated heterocycles. The van der Waals surface area contributed by atoms with Gasteiger partial charge < -0.3 is 5.32 Å². The number of rotatable bonds is 5. The molecule has 0 bridgehead atoms. The molecule has 1 aromatic carbocycles. The van der Waals surface area contributed by atoms with E-state index in [1.807, 2.05) is 0 Å². The summed E-state index contributed by atoms with van der Waals surface area (Å²) in [5.41, 5.74) is 0.579. The van der Waals surface area contributed by atoms with Crippen LogP contribution in [-0.2, 0) is 9.59 Å². The molecule has 6 heteroatoms. The molecule has 0 fully saturated rings. The van der Waals surface area contributed by atoms with E-state index in [1.165, 1.54) is 4.90 Å². The first-order chi connectivity index (χ1) is 9.91. The van der Waals surface area contributed by atoms with E-state index in [0.29, 0.717) is 18.2 Å². The number of ketones is 1. The number of Topliss-reactive ketones (excluding diaryl/α,β-unsaturated/α-hetero) is 1. The fourth-order valence-electron chi connectivity index (χ4n) is 2.16. The van der Waals surface area contributed by atoms with E-state index in [2.05, 4.69) is 19.2 Å². The molecule has 0 aliphatic carbocycles. The van der Waals surface area contributed by atoms with E-state index in [9.17, 15) is 14.4 Å². The second-order valence-electron chi connectivity index (χ2n) is 5.39. The highest BCUT2D eigenvalue weighted by Crippen LogP contribution is 2.33. The Morgan fingerprint density at radius 1 is 1.33 bits per heavy atom. The molecule has 2 rings (SSSR count). The third kappa shape index (κ3) is 3.24. The molecule has 0 radical (unpaired) electrons. The fourth-order valence-corrected chi connectivity index (χ4v) is 2.41. The quantitative estimate of drug-likeness (QED) is 0.846. The number of carbonyl (C=O) groups is 3. The van der Waals surface area contributed by atoms with Gasteiger partial charge in [0.25, 0.3) is 11.7 Å². The van der Waals surface area contributed by atoms with Crippen molar-refractivity contribution in [2.24, 2.45) is 5.92 Å². The van der Waals surface area contributed by atoms with Gasteiger partial charge in [-0.05, 0) is 24.5 Å². The van der Waals surface area contributed by atoms with Gasteiger partial charge in [0.15, 0.2) is 0 Å². The number of carbonyl (C=O) groups excluding carboxylic acids is 3. The van der Waals surface area contributed by atoms with Crippen LogP contribution in [0.25, 0.3) is 0 Å². The second-order valence-corrected chi connectivity index (χ2v) is 5.79. The van der Waals surface area contributed by atoms with Crippen LogP contribution in [0, 0.1) is 5.92 Å². The summed E-state index contributed by atoms with van der Waals surface area (Å²) in [4.78, 5) is 36.9. The maximum absolute atomic E-state index is 12.0. The monoisotopic (exact) mass is 308 g/mol. The zero-order valence-corrected chi connectivity index (χ0v) is 12.7. The van der Waals surface area contributed by atoms with Crippen molar-refractivity contribution in [2.45, 2.75) is 20.3 Å². The number of fused-ring (bicyclic) bond motifs is 1. The molecule has 1 heterocycles. The maximum atomic E-state index is 12.0. The van der Waals surface area contributed by atoms with E-state index < -0.39 is 11.7 Å². The molecule has 0 aromatic heterocycles. The van der Waals surface area contributed by atoms with Crippen LogP contribution in [0.3, 0.4) is 0 Å². The molecule has 1 aromatic rings. The maximum Gasteiger partial charge on any atom is 0.300 e. The number of amides is 2. The Hall–Kier alpha value is -1.88. The smallest absolute Gasteiger partial charge is 0.300 e. The van der Waals surface area contributed by atoms with Crippen molar-refractivity contribution < 1.29 is 14.4 Å². The average molecular weight is 309 g/mol. The van der Waals surface area contributed by atoms with Gasteiger partial charge in [0.05, 0.1) is 16.3 Å². The van der Waals surface area contributed by atoms with Gasteiger partial charge in [0.2, 0.25) is 5.91 Å². The first-order valence-electron chi connectivity index (χ1n) is 6.83. The summed E-state index contributed by atoms with van der Waals surface area (Å²) in [5.74, 6) is -1.17. The Bertz CT molecular complexity index is 599. The first kappa shape index (κ1) is 15.5. The molecular weight excluding hydrogens is 292 g/mol. The Morgan fingerprint density at radius 2 is 2.05 bits per heavy atom. The minimum absolute atomic E-state index is 0.171. The molecule has 2 amide bonds. The average Bonchev–Trinajstić information content (AvgIpc) is 2.65. The van der Waals surface area contributed by atoms with Crippen LogP contribution in [0.4, 0.5) is 5.69 Å². The van der Waals surface area contributed by atoms with Crippen molar-refractivity contribution in [3.8, 4) is 0 Å². The van der Waals surface area contributed by atoms with Gasteiger partial charge in [-0.2, -0.15) is 0 Å². The Balaban J connectivity index is 2.08. The predicted molar refractivity (Wildman–Crippen MR) is 80.6 cm³/mol. The summed E-state index contributed by atoms with van der Waals surface area (Å²) in [6.07, 6.45) is 0.862. The summed E-state index contributed by atoms with van der Waals surface area (Å²) in [7, 11) is 0. The van der Waals surface area contributed by atoms with Gasteiger partial charge in [0, 0.05) is 6.54 Å². The Morgan fingerprint density at radius 3 is 2.71 bits per heavy atom. The van der Waals surface area contributed by atoms with Crippen LogP contribution in [0.2, 0.25) is 5.02 Å². The van der Waals surface area contributed by atoms with Crippen molar-refractivity contribution in [3.05, 3.63) is 28.8 Å². The molecule has 0 saturated carbocycles. The molecule has 1 aliphatic heterocycles. The summed E-state index contributed by atoms with van der Waals surface area (Å²) in [6.45, 7) is 4.50. The SMILES string of the molecule is CC(C)CCNC(=O)CN1C(=O)C(=O)c2c(Cl)cccc21. The number of benzene rings is 1. The lowest BCUT2D eigenvalue weighted by atomic mass is 10.1. The molecule has 21 heavy (non-hydrogen) atoms. The Kier molecular flexibility index (Phi) is 4.63. The first-order valence-corrected chi connectivity index (χ1v) is 7.21. The molecule has 0 atom stereocenters. The van der Waals surface area contributed by atoms with E-state index in [-0.39, 0.29) is 23.0 Å². The number of nitrogens with zero attached hydrogens (tertiary/aromatic N) is 1. The van der Waals surface area contributed by atoms with E-state index in [0.717, 1.165) is 6.42 Å². The van der Waals surface area contributed by atoms with Crippen LogP contribution < -0.4 is 10.2 Å². The van der Waals surface area contributed by atoms with Gasteiger partial charge in [-0.3, -0.25) is 19.3 Å². The number of hydrogen-bond acceptors (Lipinski definition) is 3. The summed E-state index contributed by atoms with van der Waals surface area (Å²) < 4.78 is 0. The third-order valence-electron chi connectivity index (χ3n) is 3.29. The van der Waals surface area contributed by atoms with Crippen molar-refractivity contribution >= 4 is 34.9 Å². The summed E-state index contributed by atoms with van der Waals surface area (Å²) >= 11 is 5.95. The van der Waals surface area contributed by atoms with Gasteiger partial charge >= 0.3 is 0 Å². The van der Waals surface area contributed by atoms with Crippen molar-refractivity contribution in [1.82, 2.24) is 5.32 Å². The molecular formula is C15H17ClN2O3. The van der Waals surface area contributed by atoms with Crippen LogP contribution in [0.1, 0.15) is 30.6 Å². The van der Waals surface area contributed by atoms with Gasteiger partial charge in [-0.1, -0.05) is 31.5 Å². The van der Waals surface area contributed by atoms with E-state index in [1.54, 1.807) is 18.2 Å². The molecule has 112 valence electrons. The summed E-state index contributed by atoms with van der Waals surface area (Å²) in [5, 5.41) is 2.97. The molecule has 0 unspecified atom stereocenters. The number of anilines is 1. The highest BCUT2D eigenvalue weighted by atomic mass is 35.5. The molecule has 0 spiro atoms. The third-order valence-corrected chi connectivity index (χ3v) is 3.61. The minimum atomic E-state index is -0.711. The topological polar surface area (TPSA) is 66.5 Å². The zero-order valence-electron chi connectivity index (χ0n) is 12.0. The lowest BCUT2D eigenvalue weighted by molar-refractivity contribution is -0.122. The lowest BCUT2D eigenvalue weighted by Crippen LogP contribution is -2.40.